The zero-order valence-electron chi connectivity index (χ0n) is 11.2. The standard InChI is InChI=1S/C13H24N2O2/c1-4-5-10(2)14-13(17)11(3)15-8-6-12(16)7-9-15/h10-11H,4-9H2,1-3H3,(H,14,17). The van der Waals surface area contributed by atoms with E-state index in [0.717, 1.165) is 25.9 Å². The monoisotopic (exact) mass is 240 g/mol. The van der Waals surface area contributed by atoms with Crippen molar-refractivity contribution < 1.29 is 9.59 Å². The van der Waals surface area contributed by atoms with Crippen molar-refractivity contribution in [2.24, 2.45) is 0 Å². The highest BCUT2D eigenvalue weighted by atomic mass is 16.2. The fourth-order valence-corrected chi connectivity index (χ4v) is 2.20. The molecule has 1 fully saturated rings. The van der Waals surface area contributed by atoms with Gasteiger partial charge in [0.15, 0.2) is 0 Å². The lowest BCUT2D eigenvalue weighted by Crippen LogP contribution is -2.50. The second-order valence-corrected chi connectivity index (χ2v) is 4.95. The number of likely N-dealkylation sites (tertiary alicyclic amines) is 1. The Morgan fingerprint density at radius 2 is 1.94 bits per heavy atom. The largest absolute Gasteiger partial charge is 0.352 e. The molecule has 0 saturated carbocycles. The lowest BCUT2D eigenvalue weighted by Gasteiger charge is -2.31. The zero-order chi connectivity index (χ0) is 12.8. The Labute approximate surface area is 104 Å². The minimum Gasteiger partial charge on any atom is -0.352 e. The van der Waals surface area contributed by atoms with Crippen molar-refractivity contribution in [2.45, 2.75) is 58.5 Å². The number of nitrogens with one attached hydrogen (secondary N) is 1. The van der Waals surface area contributed by atoms with Gasteiger partial charge in [-0.25, -0.2) is 0 Å². The molecule has 0 radical (unpaired) electrons. The zero-order valence-corrected chi connectivity index (χ0v) is 11.2. The molecule has 0 aliphatic carbocycles. The number of amides is 1. The minimum absolute atomic E-state index is 0.0836. The summed E-state index contributed by atoms with van der Waals surface area (Å²) in [6.07, 6.45) is 3.26. The molecule has 0 spiro atoms. The predicted octanol–water partition coefficient (Wildman–Crippen LogP) is 1.34. The Bertz CT molecular complexity index is 269. The maximum absolute atomic E-state index is 12.0. The summed E-state index contributed by atoms with van der Waals surface area (Å²) in [5.41, 5.74) is 0. The van der Waals surface area contributed by atoms with Crippen molar-refractivity contribution in [3.8, 4) is 0 Å². The number of piperidine rings is 1. The SMILES string of the molecule is CCCC(C)NC(=O)C(C)N1CCC(=O)CC1. The van der Waals surface area contributed by atoms with Crippen molar-refractivity contribution in [1.82, 2.24) is 10.2 Å². The third-order valence-corrected chi connectivity index (χ3v) is 3.39. The molecule has 1 aliphatic rings. The van der Waals surface area contributed by atoms with Crippen LogP contribution in [0.4, 0.5) is 0 Å². The fraction of sp³-hybridized carbons (Fsp3) is 0.846. The molecule has 0 aromatic rings. The van der Waals surface area contributed by atoms with E-state index in [1.807, 2.05) is 13.8 Å². The number of nitrogens with zero attached hydrogens (tertiary/aromatic N) is 1. The molecule has 1 heterocycles. The van der Waals surface area contributed by atoms with Gasteiger partial charge in [0.05, 0.1) is 6.04 Å². The van der Waals surface area contributed by atoms with Gasteiger partial charge < -0.3 is 5.32 Å². The Hall–Kier alpha value is -0.900. The Balaban J connectivity index is 2.38. The Morgan fingerprint density at radius 1 is 1.35 bits per heavy atom. The molecule has 1 rings (SSSR count). The van der Waals surface area contributed by atoms with Crippen molar-refractivity contribution in [3.05, 3.63) is 0 Å². The van der Waals surface area contributed by atoms with Crippen LogP contribution in [0.2, 0.25) is 0 Å². The summed E-state index contributed by atoms with van der Waals surface area (Å²) in [7, 11) is 0. The van der Waals surface area contributed by atoms with E-state index in [2.05, 4.69) is 17.1 Å². The topological polar surface area (TPSA) is 49.4 Å². The highest BCUT2D eigenvalue weighted by Gasteiger charge is 2.25. The summed E-state index contributed by atoms with van der Waals surface area (Å²) in [5, 5.41) is 3.02. The van der Waals surface area contributed by atoms with E-state index in [4.69, 9.17) is 0 Å². The first kappa shape index (κ1) is 14.2. The number of rotatable bonds is 5. The number of hydrogen-bond acceptors (Lipinski definition) is 3. The maximum atomic E-state index is 12.0. The lowest BCUT2D eigenvalue weighted by molar-refractivity contribution is -0.130. The van der Waals surface area contributed by atoms with E-state index in [1.165, 1.54) is 0 Å². The van der Waals surface area contributed by atoms with Gasteiger partial charge in [0.1, 0.15) is 5.78 Å². The van der Waals surface area contributed by atoms with Crippen LogP contribution < -0.4 is 5.32 Å². The van der Waals surface area contributed by atoms with Gasteiger partial charge in [0.25, 0.3) is 0 Å². The second kappa shape index (κ2) is 6.74. The summed E-state index contributed by atoms with van der Waals surface area (Å²) < 4.78 is 0. The first-order valence-electron chi connectivity index (χ1n) is 6.60. The molecule has 4 heteroatoms. The van der Waals surface area contributed by atoms with E-state index in [9.17, 15) is 9.59 Å². The van der Waals surface area contributed by atoms with Gasteiger partial charge in [-0.05, 0) is 20.3 Å². The third-order valence-electron chi connectivity index (χ3n) is 3.39. The van der Waals surface area contributed by atoms with Gasteiger partial charge >= 0.3 is 0 Å². The molecule has 1 saturated heterocycles. The molecule has 4 nitrogen and oxygen atoms in total. The van der Waals surface area contributed by atoms with Gasteiger partial charge in [-0.2, -0.15) is 0 Å². The summed E-state index contributed by atoms with van der Waals surface area (Å²) in [6.45, 7) is 7.51. The quantitative estimate of drug-likeness (QED) is 0.789. The van der Waals surface area contributed by atoms with Crippen LogP contribution in [0.3, 0.4) is 0 Å². The summed E-state index contributed by atoms with van der Waals surface area (Å²) >= 11 is 0. The van der Waals surface area contributed by atoms with E-state index in [-0.39, 0.29) is 18.0 Å². The van der Waals surface area contributed by atoms with E-state index < -0.39 is 0 Å². The summed E-state index contributed by atoms with van der Waals surface area (Å²) in [4.78, 5) is 25.2. The molecule has 1 aliphatic heterocycles. The molecule has 98 valence electrons. The van der Waals surface area contributed by atoms with Crippen molar-refractivity contribution in [3.63, 3.8) is 0 Å². The van der Waals surface area contributed by atoms with Crippen LogP contribution in [-0.4, -0.2) is 41.8 Å². The number of Topliss-reactive ketones (excluding diaryl/α,β-unsaturated/α-hetero) is 1. The van der Waals surface area contributed by atoms with E-state index in [1.54, 1.807) is 0 Å². The van der Waals surface area contributed by atoms with Gasteiger partial charge in [-0.3, -0.25) is 14.5 Å². The normalized spacial score (nSPS) is 21.0. The average molecular weight is 240 g/mol. The van der Waals surface area contributed by atoms with E-state index in [0.29, 0.717) is 18.6 Å². The first-order valence-corrected chi connectivity index (χ1v) is 6.60. The minimum atomic E-state index is -0.123. The highest BCUT2D eigenvalue weighted by molar-refractivity contribution is 5.83. The van der Waals surface area contributed by atoms with Gasteiger partial charge in [-0.1, -0.05) is 13.3 Å². The number of carbonyl (C=O) groups is 2. The van der Waals surface area contributed by atoms with Gasteiger partial charge in [-0.15, -0.1) is 0 Å². The summed E-state index contributed by atoms with van der Waals surface area (Å²) in [6, 6.07) is 0.115. The van der Waals surface area contributed by atoms with Crippen LogP contribution in [0.1, 0.15) is 46.5 Å². The van der Waals surface area contributed by atoms with Crippen LogP contribution in [0.15, 0.2) is 0 Å². The number of hydrogen-bond donors (Lipinski definition) is 1. The third kappa shape index (κ3) is 4.46. The molecular weight excluding hydrogens is 216 g/mol. The van der Waals surface area contributed by atoms with Crippen LogP contribution >= 0.6 is 0 Å². The molecule has 0 bridgehead atoms. The van der Waals surface area contributed by atoms with Gasteiger partial charge in [0.2, 0.25) is 5.91 Å². The smallest absolute Gasteiger partial charge is 0.237 e. The highest BCUT2D eigenvalue weighted by Crippen LogP contribution is 2.10. The van der Waals surface area contributed by atoms with Crippen molar-refractivity contribution in [2.75, 3.05) is 13.1 Å². The van der Waals surface area contributed by atoms with Crippen molar-refractivity contribution in [1.29, 1.82) is 0 Å². The number of carbonyl (C=O) groups excluding carboxylic acids is 2. The molecule has 2 unspecified atom stereocenters. The number of ketones is 1. The molecular formula is C13H24N2O2. The van der Waals surface area contributed by atoms with Crippen molar-refractivity contribution >= 4 is 11.7 Å². The Kier molecular flexibility index (Phi) is 5.62. The van der Waals surface area contributed by atoms with E-state index >= 15 is 0 Å². The maximum Gasteiger partial charge on any atom is 0.237 e. The van der Waals surface area contributed by atoms with Gasteiger partial charge in [0, 0.05) is 32.0 Å². The summed E-state index contributed by atoms with van der Waals surface area (Å²) in [5.74, 6) is 0.397. The molecule has 2 atom stereocenters. The first-order chi connectivity index (χ1) is 8.04. The Morgan fingerprint density at radius 3 is 2.47 bits per heavy atom. The van der Waals surface area contributed by atoms with Crippen LogP contribution in [0, 0.1) is 0 Å². The molecule has 0 aromatic carbocycles. The second-order valence-electron chi connectivity index (χ2n) is 4.95. The molecule has 1 N–H and O–H groups in total. The van der Waals surface area contributed by atoms with Crippen LogP contribution in [-0.2, 0) is 9.59 Å². The lowest BCUT2D eigenvalue weighted by atomic mass is 10.1. The van der Waals surface area contributed by atoms with Crippen LogP contribution in [0.25, 0.3) is 0 Å². The van der Waals surface area contributed by atoms with Crippen LogP contribution in [0.5, 0.6) is 0 Å². The average Bonchev–Trinajstić information content (AvgIpc) is 2.29. The predicted molar refractivity (Wildman–Crippen MR) is 67.8 cm³/mol. The molecule has 17 heavy (non-hydrogen) atoms. The fourth-order valence-electron chi connectivity index (χ4n) is 2.20. The molecule has 1 amide bonds. The molecule has 0 aromatic heterocycles.